The second-order valence-corrected chi connectivity index (χ2v) is 10.2. The van der Waals surface area contributed by atoms with Crippen LogP contribution in [0.2, 0.25) is 5.02 Å². The zero-order valence-corrected chi connectivity index (χ0v) is 19.0. The predicted molar refractivity (Wildman–Crippen MR) is 120 cm³/mol. The number of nitro benzene ring substituents is 1. The van der Waals surface area contributed by atoms with Crippen LogP contribution in [0.4, 0.5) is 11.4 Å². The summed E-state index contributed by atoms with van der Waals surface area (Å²) in [6, 6.07) is 11.6. The molecule has 33 heavy (non-hydrogen) atoms. The van der Waals surface area contributed by atoms with Crippen LogP contribution in [0.15, 0.2) is 53.4 Å². The lowest BCUT2D eigenvalue weighted by Gasteiger charge is -2.35. The highest BCUT2D eigenvalue weighted by molar-refractivity contribution is 7.89. The van der Waals surface area contributed by atoms with Crippen molar-refractivity contribution in [1.29, 1.82) is 0 Å². The van der Waals surface area contributed by atoms with E-state index in [-0.39, 0.29) is 61.5 Å². The Bertz CT molecular complexity index is 1200. The monoisotopic (exact) mass is 492 g/mol. The summed E-state index contributed by atoms with van der Waals surface area (Å²) in [6.07, 6.45) is 0.0899. The van der Waals surface area contributed by atoms with Gasteiger partial charge in [-0.3, -0.25) is 19.7 Å². The van der Waals surface area contributed by atoms with Crippen LogP contribution in [0.5, 0.6) is 0 Å². The van der Waals surface area contributed by atoms with Gasteiger partial charge in [-0.15, -0.1) is 0 Å². The van der Waals surface area contributed by atoms with Crippen LogP contribution < -0.4 is 4.90 Å². The zero-order chi connectivity index (χ0) is 23.8. The average molecular weight is 493 g/mol. The van der Waals surface area contributed by atoms with E-state index >= 15 is 0 Å². The molecular weight excluding hydrogens is 472 g/mol. The number of anilines is 1. The molecule has 2 aromatic carbocycles. The van der Waals surface area contributed by atoms with Crippen molar-refractivity contribution < 1.29 is 22.9 Å². The van der Waals surface area contributed by atoms with Gasteiger partial charge in [0.15, 0.2) is 0 Å². The largest absolute Gasteiger partial charge is 0.340 e. The number of nitro groups is 1. The van der Waals surface area contributed by atoms with Gasteiger partial charge in [0.1, 0.15) is 0 Å². The Morgan fingerprint density at radius 2 is 1.73 bits per heavy atom. The first kappa shape index (κ1) is 23.1. The Kier molecular flexibility index (Phi) is 6.37. The second-order valence-electron chi connectivity index (χ2n) is 7.87. The first-order chi connectivity index (χ1) is 15.7. The number of nitrogens with zero attached hydrogens (tertiary/aromatic N) is 4. The van der Waals surface area contributed by atoms with Gasteiger partial charge in [-0.2, -0.15) is 4.31 Å². The molecule has 4 rings (SSSR count). The summed E-state index contributed by atoms with van der Waals surface area (Å²) in [5, 5.41) is 11.3. The minimum Gasteiger partial charge on any atom is -0.340 e. The van der Waals surface area contributed by atoms with Crippen molar-refractivity contribution in [2.45, 2.75) is 11.3 Å². The number of piperazine rings is 1. The molecule has 2 aromatic rings. The van der Waals surface area contributed by atoms with Gasteiger partial charge in [-0.05, 0) is 30.3 Å². The number of carbonyl (C=O) groups is 2. The lowest BCUT2D eigenvalue weighted by Crippen LogP contribution is -2.52. The van der Waals surface area contributed by atoms with Gasteiger partial charge < -0.3 is 9.80 Å². The molecule has 174 valence electrons. The van der Waals surface area contributed by atoms with E-state index in [0.717, 1.165) is 12.1 Å². The lowest BCUT2D eigenvalue weighted by molar-refractivity contribution is -0.384. The Morgan fingerprint density at radius 3 is 2.33 bits per heavy atom. The summed E-state index contributed by atoms with van der Waals surface area (Å²) in [5.41, 5.74) is 0.448. The van der Waals surface area contributed by atoms with E-state index < -0.39 is 20.9 Å². The first-order valence-electron chi connectivity index (χ1n) is 10.3. The van der Waals surface area contributed by atoms with Crippen LogP contribution in [-0.2, 0) is 19.6 Å². The van der Waals surface area contributed by atoms with E-state index in [2.05, 4.69) is 0 Å². The molecular formula is C21H21ClN4O6S. The number of rotatable bonds is 5. The molecule has 2 aliphatic heterocycles. The molecule has 2 heterocycles. The quantitative estimate of drug-likeness (QED) is 0.465. The van der Waals surface area contributed by atoms with Gasteiger partial charge in [0.05, 0.1) is 15.7 Å². The summed E-state index contributed by atoms with van der Waals surface area (Å²) < 4.78 is 27.0. The van der Waals surface area contributed by atoms with E-state index in [1.54, 1.807) is 34.1 Å². The molecule has 1 unspecified atom stereocenters. The molecule has 2 aliphatic rings. The minimum atomic E-state index is -3.83. The highest BCUT2D eigenvalue weighted by Gasteiger charge is 2.39. The van der Waals surface area contributed by atoms with E-state index in [4.69, 9.17) is 11.6 Å². The molecule has 0 saturated carbocycles. The molecule has 2 fully saturated rings. The Labute approximate surface area is 195 Å². The average Bonchev–Trinajstić information content (AvgIpc) is 3.20. The van der Waals surface area contributed by atoms with Gasteiger partial charge in [0.2, 0.25) is 21.8 Å². The second kappa shape index (κ2) is 9.08. The van der Waals surface area contributed by atoms with Crippen molar-refractivity contribution in [3.05, 3.63) is 63.7 Å². The molecule has 12 heteroatoms. The van der Waals surface area contributed by atoms with Crippen LogP contribution in [-0.4, -0.2) is 67.1 Å². The maximum absolute atomic E-state index is 13.0. The summed E-state index contributed by atoms with van der Waals surface area (Å²) >= 11 is 6.01. The molecule has 10 nitrogen and oxygen atoms in total. The van der Waals surface area contributed by atoms with Gasteiger partial charge in [0, 0.05) is 62.0 Å². The van der Waals surface area contributed by atoms with Crippen LogP contribution in [0.25, 0.3) is 0 Å². The molecule has 2 amide bonds. The third-order valence-electron chi connectivity index (χ3n) is 5.83. The maximum atomic E-state index is 13.0. The number of carbonyl (C=O) groups excluding carboxylic acids is 2. The van der Waals surface area contributed by atoms with E-state index in [0.29, 0.717) is 10.7 Å². The summed E-state index contributed by atoms with van der Waals surface area (Å²) in [6.45, 7) is 0.854. The van der Waals surface area contributed by atoms with Gasteiger partial charge in [-0.25, -0.2) is 8.42 Å². The fourth-order valence-corrected chi connectivity index (χ4v) is 5.67. The summed E-state index contributed by atoms with van der Waals surface area (Å²) in [5.74, 6) is -0.843. The molecule has 0 N–H and O–H groups in total. The normalized spacial score (nSPS) is 19.7. The van der Waals surface area contributed by atoms with Crippen LogP contribution >= 0.6 is 11.6 Å². The van der Waals surface area contributed by atoms with Crippen molar-refractivity contribution in [3.8, 4) is 0 Å². The van der Waals surface area contributed by atoms with Crippen LogP contribution in [0, 0.1) is 16.0 Å². The van der Waals surface area contributed by atoms with E-state index in [1.807, 2.05) is 0 Å². The van der Waals surface area contributed by atoms with E-state index in [9.17, 15) is 28.1 Å². The lowest BCUT2D eigenvalue weighted by atomic mass is 10.1. The molecule has 1 atom stereocenters. The molecule has 0 aliphatic carbocycles. The first-order valence-corrected chi connectivity index (χ1v) is 12.1. The third-order valence-corrected chi connectivity index (χ3v) is 7.98. The number of benzene rings is 2. The van der Waals surface area contributed by atoms with Gasteiger partial charge in [0.25, 0.3) is 5.69 Å². The van der Waals surface area contributed by atoms with Crippen molar-refractivity contribution in [2.24, 2.45) is 5.92 Å². The van der Waals surface area contributed by atoms with Crippen LogP contribution in [0.1, 0.15) is 6.42 Å². The SMILES string of the molecule is O=C(C1CC(=O)N(c2cccc(Cl)c2)C1)N1CCN(S(=O)(=O)c2ccc([N+](=O)[O-])cc2)CC1. The Hall–Kier alpha value is -3.02. The predicted octanol–water partition coefficient (Wildman–Crippen LogP) is 2.13. The minimum absolute atomic E-state index is 0.0357. The maximum Gasteiger partial charge on any atom is 0.269 e. The van der Waals surface area contributed by atoms with E-state index in [1.165, 1.54) is 16.4 Å². The van der Waals surface area contributed by atoms with Crippen molar-refractivity contribution in [1.82, 2.24) is 9.21 Å². The Morgan fingerprint density at radius 1 is 1.06 bits per heavy atom. The number of amides is 2. The van der Waals surface area contributed by atoms with Crippen molar-refractivity contribution in [2.75, 3.05) is 37.6 Å². The van der Waals surface area contributed by atoms with Gasteiger partial charge >= 0.3 is 0 Å². The molecule has 0 bridgehead atoms. The summed E-state index contributed by atoms with van der Waals surface area (Å²) in [7, 11) is -3.83. The van der Waals surface area contributed by atoms with Crippen molar-refractivity contribution in [3.63, 3.8) is 0 Å². The molecule has 0 spiro atoms. The number of hydrogen-bond donors (Lipinski definition) is 0. The highest BCUT2D eigenvalue weighted by Crippen LogP contribution is 2.29. The highest BCUT2D eigenvalue weighted by atomic mass is 35.5. The summed E-state index contributed by atoms with van der Waals surface area (Å²) in [4.78, 5) is 38.8. The Balaban J connectivity index is 1.38. The third kappa shape index (κ3) is 4.70. The fraction of sp³-hybridized carbons (Fsp3) is 0.333. The number of halogens is 1. The molecule has 2 saturated heterocycles. The van der Waals surface area contributed by atoms with Gasteiger partial charge in [-0.1, -0.05) is 17.7 Å². The number of hydrogen-bond acceptors (Lipinski definition) is 6. The zero-order valence-electron chi connectivity index (χ0n) is 17.5. The molecule has 0 radical (unpaired) electrons. The van der Waals surface area contributed by atoms with Crippen LogP contribution in [0.3, 0.4) is 0 Å². The van der Waals surface area contributed by atoms with Crippen molar-refractivity contribution >= 4 is 44.8 Å². The number of sulfonamides is 1. The topological polar surface area (TPSA) is 121 Å². The number of non-ortho nitro benzene ring substituents is 1. The fourth-order valence-electron chi connectivity index (χ4n) is 4.06. The molecule has 0 aromatic heterocycles. The smallest absolute Gasteiger partial charge is 0.269 e. The standard InChI is InChI=1S/C21H21ClN4O6S/c22-16-2-1-3-18(13-16)25-14-15(12-20(25)27)21(28)23-8-10-24(11-9-23)33(31,32)19-6-4-17(5-7-19)26(29)30/h1-7,13,15H,8-12,14H2.